The number of ether oxygens (including phenoxy) is 1. The second-order valence-corrected chi connectivity index (χ2v) is 15.2. The predicted octanol–water partition coefficient (Wildman–Crippen LogP) is 4.75. The van der Waals surface area contributed by atoms with Crippen molar-refractivity contribution in [2.24, 2.45) is 35.0 Å². The van der Waals surface area contributed by atoms with Crippen molar-refractivity contribution in [3.63, 3.8) is 0 Å². The van der Waals surface area contributed by atoms with E-state index in [0.29, 0.717) is 36.8 Å². The number of nitrogens with one attached hydrogen (secondary N) is 2. The highest BCUT2D eigenvalue weighted by Gasteiger charge is 2.59. The Morgan fingerprint density at radius 1 is 1.14 bits per heavy atom. The molecular formula is C35H55N3O4. The molecule has 2 heterocycles. The molecule has 6 rings (SSSR count). The van der Waals surface area contributed by atoms with Crippen LogP contribution in [0.25, 0.3) is 0 Å². The zero-order valence-corrected chi connectivity index (χ0v) is 26.7. The minimum atomic E-state index is -0.242. The van der Waals surface area contributed by atoms with Gasteiger partial charge in [0.2, 0.25) is 11.8 Å². The van der Waals surface area contributed by atoms with Crippen LogP contribution in [0.4, 0.5) is 0 Å². The molecule has 10 atom stereocenters. The highest BCUT2D eigenvalue weighted by atomic mass is 16.5. The highest BCUT2D eigenvalue weighted by molar-refractivity contribution is 5.84. The van der Waals surface area contributed by atoms with Crippen LogP contribution >= 0.6 is 0 Å². The van der Waals surface area contributed by atoms with Crippen LogP contribution in [-0.4, -0.2) is 71.9 Å². The van der Waals surface area contributed by atoms with Crippen molar-refractivity contribution < 1.29 is 19.4 Å². The summed E-state index contributed by atoms with van der Waals surface area (Å²) in [5, 5.41) is 16.0. The average Bonchev–Trinajstić information content (AvgIpc) is 3.42. The van der Waals surface area contributed by atoms with E-state index in [4.69, 9.17) is 4.74 Å². The van der Waals surface area contributed by atoms with Crippen molar-refractivity contribution in [2.45, 2.75) is 123 Å². The molecule has 7 nitrogen and oxygen atoms in total. The number of carbonyl (C=O) groups is 2. The van der Waals surface area contributed by atoms with Crippen molar-refractivity contribution >= 4 is 11.8 Å². The summed E-state index contributed by atoms with van der Waals surface area (Å²) in [7, 11) is 0. The van der Waals surface area contributed by atoms with Gasteiger partial charge in [-0.3, -0.25) is 14.5 Å². The van der Waals surface area contributed by atoms with Gasteiger partial charge in [0.1, 0.15) is 0 Å². The van der Waals surface area contributed by atoms with E-state index < -0.39 is 0 Å². The van der Waals surface area contributed by atoms with Gasteiger partial charge in [0, 0.05) is 38.0 Å². The Kier molecular flexibility index (Phi) is 8.42. The van der Waals surface area contributed by atoms with Gasteiger partial charge < -0.3 is 20.5 Å². The fourth-order valence-electron chi connectivity index (χ4n) is 10.6. The maximum absolute atomic E-state index is 12.3. The molecule has 1 spiro atoms. The van der Waals surface area contributed by atoms with Gasteiger partial charge in [-0.2, -0.15) is 0 Å². The molecule has 2 saturated heterocycles. The number of aliphatic hydroxyl groups is 1. The van der Waals surface area contributed by atoms with Gasteiger partial charge in [-0.05, 0) is 93.8 Å². The van der Waals surface area contributed by atoms with Crippen LogP contribution in [-0.2, 0) is 14.3 Å². The van der Waals surface area contributed by atoms with E-state index >= 15 is 0 Å². The van der Waals surface area contributed by atoms with E-state index in [2.05, 4.69) is 49.3 Å². The number of carbonyl (C=O) groups excluding carboxylic acids is 2. The Hall–Kier alpha value is -1.70. The molecule has 7 heteroatoms. The zero-order valence-electron chi connectivity index (χ0n) is 26.7. The van der Waals surface area contributed by atoms with E-state index in [1.54, 1.807) is 23.6 Å². The van der Waals surface area contributed by atoms with E-state index in [-0.39, 0.29) is 41.6 Å². The van der Waals surface area contributed by atoms with Gasteiger partial charge in [-0.1, -0.05) is 50.5 Å². The number of amides is 2. The number of nitrogens with zero attached hydrogens (tertiary/aromatic N) is 1. The number of piperidine rings is 1. The van der Waals surface area contributed by atoms with Crippen LogP contribution in [0.1, 0.15) is 98.8 Å². The molecule has 0 aromatic carbocycles. The quantitative estimate of drug-likeness (QED) is 0.394. The Morgan fingerprint density at radius 3 is 2.74 bits per heavy atom. The second kappa shape index (κ2) is 11.7. The molecule has 0 unspecified atom stereocenters. The molecule has 3 N–H and O–H groups in total. The monoisotopic (exact) mass is 581 g/mol. The van der Waals surface area contributed by atoms with Crippen LogP contribution in [0.5, 0.6) is 0 Å². The number of hydrogen-bond acceptors (Lipinski definition) is 5. The number of allylic oxidation sites excluding steroid dienone is 2. The molecular weight excluding hydrogens is 526 g/mol. The fraction of sp³-hybridized carbons (Fsp3) is 0.829. The first-order chi connectivity index (χ1) is 20.0. The van der Waals surface area contributed by atoms with Crippen molar-refractivity contribution in [3.05, 3.63) is 22.8 Å². The van der Waals surface area contributed by atoms with E-state index in [1.807, 2.05) is 0 Å². The largest absolute Gasteiger partial charge is 0.389 e. The molecule has 0 radical (unpaired) electrons. The summed E-state index contributed by atoms with van der Waals surface area (Å²) >= 11 is 0. The average molecular weight is 582 g/mol. The second-order valence-electron chi connectivity index (χ2n) is 15.2. The minimum absolute atomic E-state index is 0.0490. The number of likely N-dealkylation sites (tertiary alicyclic amines) is 1. The SMILES string of the molecule is CCC(=O)NCC(=O)NCCN1C[C@@H](C)C[C@H]2O[C@]3(CC[C@@H]4C(=C(C)C3)C[C@H]3[C@H]4CCC4=C[C@@H](O)CC[C@@]43C)[C@H](C)[C@@H]21. The Balaban J connectivity index is 1.15. The van der Waals surface area contributed by atoms with Gasteiger partial charge in [0.25, 0.3) is 0 Å². The number of rotatable bonds is 6. The van der Waals surface area contributed by atoms with Crippen molar-refractivity contribution in [1.82, 2.24) is 15.5 Å². The third-order valence-corrected chi connectivity index (χ3v) is 12.8. The first kappa shape index (κ1) is 30.3. The van der Waals surface area contributed by atoms with Crippen molar-refractivity contribution in [1.29, 1.82) is 0 Å². The first-order valence-electron chi connectivity index (χ1n) is 17.1. The Morgan fingerprint density at radius 2 is 1.95 bits per heavy atom. The summed E-state index contributed by atoms with van der Waals surface area (Å²) in [6, 6.07) is 0.385. The maximum atomic E-state index is 12.3. The van der Waals surface area contributed by atoms with E-state index in [0.717, 1.165) is 63.5 Å². The van der Waals surface area contributed by atoms with Crippen LogP contribution in [0, 0.1) is 35.0 Å². The molecule has 0 aromatic rings. The van der Waals surface area contributed by atoms with Crippen LogP contribution in [0.2, 0.25) is 0 Å². The third kappa shape index (κ3) is 5.30. The topological polar surface area (TPSA) is 90.9 Å². The standard InChI is InChI=1S/C35H55N3O4/c1-6-31(40)37-19-32(41)36-13-14-38-20-21(2)15-30-33(38)23(4)35(42-30)12-10-26-27-8-7-24-16-25(39)9-11-34(24,5)29(27)17-28(26)22(3)18-35/h16,21,23,25-27,29-30,33,39H,6-15,17-20H2,1-5H3,(H,36,41)(H,37,40)/t21-,23+,25-,26-,27-,29-,30+,33-,34-,35-/m0/s1. The third-order valence-electron chi connectivity index (χ3n) is 12.8. The molecule has 4 fully saturated rings. The summed E-state index contributed by atoms with van der Waals surface area (Å²) in [4.78, 5) is 26.4. The molecule has 0 aromatic heterocycles. The Labute approximate surface area is 253 Å². The van der Waals surface area contributed by atoms with Crippen LogP contribution in [0.3, 0.4) is 0 Å². The molecule has 2 amide bonds. The molecule has 234 valence electrons. The van der Waals surface area contributed by atoms with E-state index in [1.165, 1.54) is 19.3 Å². The van der Waals surface area contributed by atoms with Gasteiger partial charge in [-0.25, -0.2) is 0 Å². The predicted molar refractivity (Wildman–Crippen MR) is 165 cm³/mol. The number of aliphatic hydroxyl groups excluding tert-OH is 1. The van der Waals surface area contributed by atoms with Gasteiger partial charge in [0.15, 0.2) is 0 Å². The molecule has 0 bridgehead atoms. The Bertz CT molecular complexity index is 1130. The zero-order chi connectivity index (χ0) is 29.8. The summed E-state index contributed by atoms with van der Waals surface area (Å²) in [6.07, 6.45) is 12.9. The molecule has 2 aliphatic heterocycles. The first-order valence-corrected chi connectivity index (χ1v) is 17.1. The van der Waals surface area contributed by atoms with Crippen molar-refractivity contribution in [3.8, 4) is 0 Å². The lowest BCUT2D eigenvalue weighted by atomic mass is 9.56. The summed E-state index contributed by atoms with van der Waals surface area (Å²) in [5.41, 5.74) is 5.06. The maximum Gasteiger partial charge on any atom is 0.239 e. The van der Waals surface area contributed by atoms with Gasteiger partial charge in [-0.15, -0.1) is 0 Å². The molecule has 6 aliphatic rings. The summed E-state index contributed by atoms with van der Waals surface area (Å²) < 4.78 is 7.23. The number of hydrogen-bond donors (Lipinski definition) is 3. The fourth-order valence-corrected chi connectivity index (χ4v) is 10.6. The lowest BCUT2D eigenvalue weighted by Gasteiger charge is -2.49. The van der Waals surface area contributed by atoms with Crippen molar-refractivity contribution in [2.75, 3.05) is 26.2 Å². The number of fused-ring (bicyclic) bond motifs is 6. The minimum Gasteiger partial charge on any atom is -0.389 e. The summed E-state index contributed by atoms with van der Waals surface area (Å²) in [5.74, 6) is 2.97. The smallest absolute Gasteiger partial charge is 0.239 e. The van der Waals surface area contributed by atoms with Crippen LogP contribution < -0.4 is 10.6 Å². The molecule has 2 saturated carbocycles. The molecule has 42 heavy (non-hydrogen) atoms. The molecule has 4 aliphatic carbocycles. The van der Waals surface area contributed by atoms with Gasteiger partial charge >= 0.3 is 0 Å². The highest BCUT2D eigenvalue weighted by Crippen LogP contribution is 2.64. The normalized spacial score (nSPS) is 43.1. The van der Waals surface area contributed by atoms with Crippen LogP contribution in [0.15, 0.2) is 22.8 Å². The van der Waals surface area contributed by atoms with Gasteiger partial charge in [0.05, 0.1) is 24.4 Å². The van der Waals surface area contributed by atoms with E-state index in [9.17, 15) is 14.7 Å². The summed E-state index contributed by atoms with van der Waals surface area (Å²) in [6.45, 7) is 14.0. The lowest BCUT2D eigenvalue weighted by Crippen LogP contribution is -2.54. The lowest BCUT2D eigenvalue weighted by molar-refractivity contribution is -0.126.